The Morgan fingerprint density at radius 2 is 1.03 bits per heavy atom. The van der Waals surface area contributed by atoms with E-state index in [0.717, 1.165) is 0 Å². The number of hydrogen-bond acceptors (Lipinski definition) is 4. The van der Waals surface area contributed by atoms with Crippen molar-refractivity contribution >= 4 is 11.9 Å². The molecule has 158 valence electrons. The van der Waals surface area contributed by atoms with Crippen LogP contribution in [-0.2, 0) is 20.3 Å². The molecule has 0 saturated heterocycles. The molecule has 0 fully saturated rings. The molecule has 0 aliphatic rings. The molecule has 0 unspecified atom stereocenters. The van der Waals surface area contributed by atoms with Crippen LogP contribution in [0.4, 0.5) is 0 Å². The fourth-order valence-corrected chi connectivity index (χ4v) is 2.54. The van der Waals surface area contributed by atoms with Gasteiger partial charge in [-0.05, 0) is 53.1 Å². The van der Waals surface area contributed by atoms with Crippen LogP contribution in [-0.4, -0.2) is 25.7 Å². The SMILES string of the molecule is CCOC(=O)c1ccc(C(C)(C)C)cc1.COC(=O)c1ccc(C(C)(C)C)cc1. The van der Waals surface area contributed by atoms with E-state index < -0.39 is 0 Å². The molecule has 2 aromatic rings. The average molecular weight is 399 g/mol. The standard InChI is InChI=1S/C13H18O2.C12H16O2/c1-5-15-12(14)10-6-8-11(9-7-10)13(2,3)4;1-12(2,3)10-7-5-9(6-8-10)11(13)14-4/h6-9H,5H2,1-4H3;5-8H,1-4H3. The molecule has 0 aromatic heterocycles. The molecule has 4 heteroatoms. The van der Waals surface area contributed by atoms with Gasteiger partial charge in [0.1, 0.15) is 0 Å². The van der Waals surface area contributed by atoms with E-state index in [0.29, 0.717) is 17.7 Å². The maximum Gasteiger partial charge on any atom is 0.338 e. The van der Waals surface area contributed by atoms with Gasteiger partial charge in [0.05, 0.1) is 24.8 Å². The number of hydrogen-bond donors (Lipinski definition) is 0. The summed E-state index contributed by atoms with van der Waals surface area (Å²) < 4.78 is 9.54. The van der Waals surface area contributed by atoms with Gasteiger partial charge in [-0.3, -0.25) is 0 Å². The molecule has 4 nitrogen and oxygen atoms in total. The summed E-state index contributed by atoms with van der Waals surface area (Å²) in [5, 5.41) is 0. The van der Waals surface area contributed by atoms with Crippen molar-refractivity contribution in [3.8, 4) is 0 Å². The summed E-state index contributed by atoms with van der Waals surface area (Å²) >= 11 is 0. The molecular weight excluding hydrogens is 364 g/mol. The molecular formula is C25H34O4. The van der Waals surface area contributed by atoms with Crippen molar-refractivity contribution in [1.82, 2.24) is 0 Å². The number of carbonyl (C=O) groups excluding carboxylic acids is 2. The highest BCUT2D eigenvalue weighted by Crippen LogP contribution is 2.23. The van der Waals surface area contributed by atoms with E-state index in [1.165, 1.54) is 18.2 Å². The smallest absolute Gasteiger partial charge is 0.338 e. The molecule has 0 bridgehead atoms. The topological polar surface area (TPSA) is 52.6 Å². The first kappa shape index (κ1) is 24.4. The fraction of sp³-hybridized carbons (Fsp3) is 0.440. The summed E-state index contributed by atoms with van der Waals surface area (Å²) in [5.41, 5.74) is 3.88. The van der Waals surface area contributed by atoms with Gasteiger partial charge in [-0.2, -0.15) is 0 Å². The minimum Gasteiger partial charge on any atom is -0.465 e. The lowest BCUT2D eigenvalue weighted by molar-refractivity contribution is 0.0525. The lowest BCUT2D eigenvalue weighted by Gasteiger charge is -2.18. The highest BCUT2D eigenvalue weighted by atomic mass is 16.5. The van der Waals surface area contributed by atoms with Crippen LogP contribution < -0.4 is 0 Å². The molecule has 0 aliphatic carbocycles. The van der Waals surface area contributed by atoms with Crippen molar-refractivity contribution < 1.29 is 19.1 Å². The van der Waals surface area contributed by atoms with Gasteiger partial charge in [-0.1, -0.05) is 65.8 Å². The summed E-state index contributed by atoms with van der Waals surface area (Å²) in [7, 11) is 1.39. The van der Waals surface area contributed by atoms with E-state index in [2.05, 4.69) is 46.3 Å². The lowest BCUT2D eigenvalue weighted by Crippen LogP contribution is -2.11. The van der Waals surface area contributed by atoms with Crippen LogP contribution >= 0.6 is 0 Å². The average Bonchev–Trinajstić information content (AvgIpc) is 2.67. The first-order valence-electron chi connectivity index (χ1n) is 9.86. The second kappa shape index (κ2) is 10.2. The number of ether oxygens (including phenoxy) is 2. The van der Waals surface area contributed by atoms with Crippen LogP contribution in [0.1, 0.15) is 80.3 Å². The Bertz CT molecular complexity index is 789. The first-order valence-corrected chi connectivity index (χ1v) is 9.86. The Balaban J connectivity index is 0.000000291. The molecule has 2 rings (SSSR count). The van der Waals surface area contributed by atoms with Crippen molar-refractivity contribution in [3.05, 3.63) is 70.8 Å². The zero-order chi connectivity index (χ0) is 22.2. The molecule has 0 spiro atoms. The molecule has 0 aliphatic heterocycles. The second-order valence-electron chi connectivity index (χ2n) is 8.87. The normalized spacial score (nSPS) is 11.2. The minimum absolute atomic E-state index is 0.118. The molecule has 0 heterocycles. The maximum absolute atomic E-state index is 11.4. The van der Waals surface area contributed by atoms with Crippen molar-refractivity contribution in [2.45, 2.75) is 59.3 Å². The van der Waals surface area contributed by atoms with Crippen molar-refractivity contribution in [1.29, 1.82) is 0 Å². The van der Waals surface area contributed by atoms with Gasteiger partial charge in [-0.25, -0.2) is 9.59 Å². The van der Waals surface area contributed by atoms with E-state index in [9.17, 15) is 9.59 Å². The molecule has 0 N–H and O–H groups in total. The van der Waals surface area contributed by atoms with Crippen molar-refractivity contribution in [3.63, 3.8) is 0 Å². The zero-order valence-corrected chi connectivity index (χ0v) is 19.0. The Labute approximate surface area is 175 Å². The summed E-state index contributed by atoms with van der Waals surface area (Å²) in [6.07, 6.45) is 0. The van der Waals surface area contributed by atoms with Crippen molar-refractivity contribution in [2.24, 2.45) is 0 Å². The van der Waals surface area contributed by atoms with Crippen molar-refractivity contribution in [2.75, 3.05) is 13.7 Å². The van der Waals surface area contributed by atoms with Crippen LogP contribution in [0.3, 0.4) is 0 Å². The second-order valence-corrected chi connectivity index (χ2v) is 8.87. The van der Waals surface area contributed by atoms with E-state index in [1.54, 1.807) is 19.1 Å². The van der Waals surface area contributed by atoms with Gasteiger partial charge in [0.15, 0.2) is 0 Å². The Morgan fingerprint density at radius 1 is 0.690 bits per heavy atom. The third-order valence-electron chi connectivity index (χ3n) is 4.43. The van der Waals surface area contributed by atoms with Crippen LogP contribution in [0.15, 0.2) is 48.5 Å². The number of esters is 2. The zero-order valence-electron chi connectivity index (χ0n) is 19.0. The summed E-state index contributed by atoms with van der Waals surface area (Å²) in [5.74, 6) is -0.539. The molecule has 29 heavy (non-hydrogen) atoms. The van der Waals surface area contributed by atoms with Gasteiger partial charge in [-0.15, -0.1) is 0 Å². The third kappa shape index (κ3) is 7.72. The van der Waals surface area contributed by atoms with E-state index in [4.69, 9.17) is 4.74 Å². The van der Waals surface area contributed by atoms with Gasteiger partial charge < -0.3 is 9.47 Å². The van der Waals surface area contributed by atoms with Crippen LogP contribution in [0.5, 0.6) is 0 Å². The minimum atomic E-state index is -0.287. The first-order chi connectivity index (χ1) is 13.4. The highest BCUT2D eigenvalue weighted by Gasteiger charge is 2.15. The monoisotopic (exact) mass is 398 g/mol. The quantitative estimate of drug-likeness (QED) is 0.601. The van der Waals surface area contributed by atoms with E-state index >= 15 is 0 Å². The number of rotatable bonds is 3. The highest BCUT2D eigenvalue weighted by molar-refractivity contribution is 5.89. The number of benzene rings is 2. The Hall–Kier alpha value is -2.62. The van der Waals surface area contributed by atoms with Crippen LogP contribution in [0.2, 0.25) is 0 Å². The Morgan fingerprint density at radius 3 is 1.31 bits per heavy atom. The molecule has 0 radical (unpaired) electrons. The Kier molecular flexibility index (Phi) is 8.62. The molecule has 0 atom stereocenters. The largest absolute Gasteiger partial charge is 0.465 e. The predicted molar refractivity (Wildman–Crippen MR) is 118 cm³/mol. The van der Waals surface area contributed by atoms with Gasteiger partial charge in [0.25, 0.3) is 0 Å². The summed E-state index contributed by atoms with van der Waals surface area (Å²) in [4.78, 5) is 22.5. The number of carbonyl (C=O) groups is 2. The third-order valence-corrected chi connectivity index (χ3v) is 4.43. The van der Waals surface area contributed by atoms with Gasteiger partial charge in [0, 0.05) is 0 Å². The summed E-state index contributed by atoms with van der Waals surface area (Å²) in [6.45, 7) is 15.1. The predicted octanol–water partition coefficient (Wildman–Crippen LogP) is 5.93. The summed E-state index contributed by atoms with van der Waals surface area (Å²) in [6, 6.07) is 15.1. The van der Waals surface area contributed by atoms with E-state index in [-0.39, 0.29) is 22.8 Å². The van der Waals surface area contributed by atoms with Crippen LogP contribution in [0.25, 0.3) is 0 Å². The molecule has 2 aromatic carbocycles. The number of methoxy groups -OCH3 is 1. The van der Waals surface area contributed by atoms with Gasteiger partial charge >= 0.3 is 11.9 Å². The van der Waals surface area contributed by atoms with Crippen LogP contribution in [0, 0.1) is 0 Å². The molecule has 0 amide bonds. The lowest BCUT2D eigenvalue weighted by atomic mass is 9.87. The van der Waals surface area contributed by atoms with Gasteiger partial charge in [0.2, 0.25) is 0 Å². The maximum atomic E-state index is 11.4. The molecule has 0 saturated carbocycles. The van der Waals surface area contributed by atoms with E-state index in [1.807, 2.05) is 36.4 Å². The fourth-order valence-electron chi connectivity index (χ4n) is 2.54.